The lowest BCUT2D eigenvalue weighted by molar-refractivity contribution is 0.102. The summed E-state index contributed by atoms with van der Waals surface area (Å²) in [6.45, 7) is 0. The van der Waals surface area contributed by atoms with E-state index < -0.39 is 0 Å². The summed E-state index contributed by atoms with van der Waals surface area (Å²) in [5.74, 6) is -0.213. The summed E-state index contributed by atoms with van der Waals surface area (Å²) >= 11 is 0. The highest BCUT2D eigenvalue weighted by Crippen LogP contribution is 2.22. The van der Waals surface area contributed by atoms with Gasteiger partial charge in [-0.1, -0.05) is 30.3 Å². The summed E-state index contributed by atoms with van der Waals surface area (Å²) in [6, 6.07) is 16.8. The van der Waals surface area contributed by atoms with Crippen LogP contribution in [-0.4, -0.2) is 10.5 Å². The number of rotatable bonds is 2. The molecular weight excluding hydrogens is 262 g/mol. The quantitative estimate of drug-likeness (QED) is 0.780. The number of nitriles is 1. The molecule has 0 aliphatic carbocycles. The van der Waals surface area contributed by atoms with Crippen LogP contribution in [0.15, 0.2) is 54.7 Å². The number of carbonyl (C=O) groups is 1. The maximum Gasteiger partial charge on any atom is 0.257 e. The predicted octanol–water partition coefficient (Wildman–Crippen LogP) is 3.30. The molecule has 1 aromatic heterocycles. The first kappa shape index (κ1) is 12.9. The third kappa shape index (κ3) is 2.26. The summed E-state index contributed by atoms with van der Waals surface area (Å²) in [5.41, 5.74) is 2.57. The number of hydrogen-bond donors (Lipinski definition) is 1. The largest absolute Gasteiger partial charge is 0.350 e. The first-order valence-electron chi connectivity index (χ1n) is 6.55. The van der Waals surface area contributed by atoms with E-state index in [0.717, 1.165) is 10.9 Å². The van der Waals surface area contributed by atoms with Crippen molar-refractivity contribution in [2.45, 2.75) is 0 Å². The number of anilines is 1. The first-order valence-corrected chi connectivity index (χ1v) is 6.55. The normalized spacial score (nSPS) is 10.3. The zero-order valence-electron chi connectivity index (χ0n) is 11.5. The molecule has 3 rings (SSSR count). The molecule has 0 saturated carbocycles. The van der Waals surface area contributed by atoms with Gasteiger partial charge in [-0.25, -0.2) is 0 Å². The molecule has 1 heterocycles. The summed E-state index contributed by atoms with van der Waals surface area (Å²) in [7, 11) is 1.91. The van der Waals surface area contributed by atoms with E-state index >= 15 is 0 Å². The number of para-hydroxylation sites is 2. The van der Waals surface area contributed by atoms with Gasteiger partial charge >= 0.3 is 0 Å². The molecule has 0 bridgehead atoms. The first-order chi connectivity index (χ1) is 10.2. The van der Waals surface area contributed by atoms with Crippen molar-refractivity contribution in [2.24, 2.45) is 7.05 Å². The number of aryl methyl sites for hydroxylation is 1. The number of amides is 1. The fourth-order valence-electron chi connectivity index (χ4n) is 2.40. The Kier molecular flexibility index (Phi) is 3.17. The molecule has 0 unspecified atom stereocenters. The van der Waals surface area contributed by atoms with Gasteiger partial charge in [0.1, 0.15) is 6.07 Å². The Morgan fingerprint density at radius 2 is 1.86 bits per heavy atom. The smallest absolute Gasteiger partial charge is 0.257 e. The number of nitrogens with zero attached hydrogens (tertiary/aromatic N) is 2. The fraction of sp³-hybridized carbons (Fsp3) is 0.0588. The average molecular weight is 275 g/mol. The molecule has 0 spiro atoms. The second-order valence-electron chi connectivity index (χ2n) is 4.78. The molecule has 2 aromatic carbocycles. The minimum Gasteiger partial charge on any atom is -0.350 e. The van der Waals surface area contributed by atoms with Crippen molar-refractivity contribution in [2.75, 3.05) is 5.32 Å². The molecule has 1 amide bonds. The molecule has 4 nitrogen and oxygen atoms in total. The van der Waals surface area contributed by atoms with Gasteiger partial charge in [-0.05, 0) is 18.2 Å². The topological polar surface area (TPSA) is 57.8 Å². The van der Waals surface area contributed by atoms with Crippen LogP contribution in [0, 0.1) is 11.3 Å². The lowest BCUT2D eigenvalue weighted by atomic mass is 10.1. The third-order valence-corrected chi connectivity index (χ3v) is 3.44. The van der Waals surface area contributed by atoms with Crippen LogP contribution in [-0.2, 0) is 7.05 Å². The van der Waals surface area contributed by atoms with Crippen LogP contribution in [0.1, 0.15) is 15.9 Å². The van der Waals surface area contributed by atoms with Crippen LogP contribution >= 0.6 is 0 Å². The van der Waals surface area contributed by atoms with Crippen LogP contribution in [0.5, 0.6) is 0 Å². The number of fused-ring (bicyclic) bond motifs is 1. The van der Waals surface area contributed by atoms with E-state index in [2.05, 4.69) is 11.4 Å². The van der Waals surface area contributed by atoms with Gasteiger partial charge in [-0.3, -0.25) is 4.79 Å². The van der Waals surface area contributed by atoms with E-state index in [9.17, 15) is 4.79 Å². The van der Waals surface area contributed by atoms with Crippen LogP contribution in [0.25, 0.3) is 10.9 Å². The number of carbonyl (C=O) groups excluding carboxylic acids is 1. The van der Waals surface area contributed by atoms with Crippen LogP contribution < -0.4 is 5.32 Å². The van der Waals surface area contributed by atoms with Crippen LogP contribution in [0.2, 0.25) is 0 Å². The van der Waals surface area contributed by atoms with E-state index in [1.807, 2.05) is 35.9 Å². The van der Waals surface area contributed by atoms with Gasteiger partial charge in [0.2, 0.25) is 0 Å². The molecule has 1 N–H and O–H groups in total. The maximum absolute atomic E-state index is 12.5. The van der Waals surface area contributed by atoms with E-state index in [1.54, 1.807) is 30.5 Å². The van der Waals surface area contributed by atoms with Gasteiger partial charge in [-0.15, -0.1) is 0 Å². The standard InChI is InChI=1S/C17H13N3O/c1-20-11-14(13-7-3-5-9-16(13)20)17(21)19-15-8-4-2-6-12(15)10-18/h2-9,11H,1H3,(H,19,21). The monoisotopic (exact) mass is 275 g/mol. The molecule has 0 radical (unpaired) electrons. The highest BCUT2D eigenvalue weighted by Gasteiger charge is 2.14. The zero-order chi connectivity index (χ0) is 14.8. The van der Waals surface area contributed by atoms with E-state index in [0.29, 0.717) is 16.8 Å². The van der Waals surface area contributed by atoms with Crippen molar-refractivity contribution in [1.82, 2.24) is 4.57 Å². The molecule has 0 saturated heterocycles. The van der Waals surface area contributed by atoms with Crippen molar-refractivity contribution in [3.05, 3.63) is 65.9 Å². The van der Waals surface area contributed by atoms with Gasteiger partial charge in [-0.2, -0.15) is 5.26 Å². The van der Waals surface area contributed by atoms with Crippen LogP contribution in [0.3, 0.4) is 0 Å². The number of benzene rings is 2. The Balaban J connectivity index is 2.00. The molecule has 102 valence electrons. The Morgan fingerprint density at radius 1 is 1.14 bits per heavy atom. The molecule has 0 fully saturated rings. The molecule has 3 aromatic rings. The van der Waals surface area contributed by atoms with E-state index in [4.69, 9.17) is 5.26 Å². The zero-order valence-corrected chi connectivity index (χ0v) is 11.5. The average Bonchev–Trinajstić information content (AvgIpc) is 2.86. The van der Waals surface area contributed by atoms with E-state index in [1.165, 1.54) is 0 Å². The van der Waals surface area contributed by atoms with Gasteiger partial charge in [0, 0.05) is 24.1 Å². The van der Waals surface area contributed by atoms with Gasteiger partial charge in [0.15, 0.2) is 0 Å². The van der Waals surface area contributed by atoms with Crippen molar-refractivity contribution < 1.29 is 4.79 Å². The van der Waals surface area contributed by atoms with Crippen molar-refractivity contribution in [3.63, 3.8) is 0 Å². The lowest BCUT2D eigenvalue weighted by Crippen LogP contribution is -2.12. The van der Waals surface area contributed by atoms with Crippen molar-refractivity contribution >= 4 is 22.5 Å². The Morgan fingerprint density at radius 3 is 2.67 bits per heavy atom. The summed E-state index contributed by atoms with van der Waals surface area (Å²) in [4.78, 5) is 12.5. The maximum atomic E-state index is 12.5. The number of aromatic nitrogens is 1. The predicted molar refractivity (Wildman–Crippen MR) is 82.0 cm³/mol. The molecule has 0 atom stereocenters. The molecule has 0 aliphatic heterocycles. The second kappa shape index (κ2) is 5.14. The van der Waals surface area contributed by atoms with E-state index in [-0.39, 0.29) is 5.91 Å². The third-order valence-electron chi connectivity index (χ3n) is 3.44. The lowest BCUT2D eigenvalue weighted by Gasteiger charge is -2.05. The summed E-state index contributed by atoms with van der Waals surface area (Å²) in [5, 5.41) is 12.8. The molecule has 0 aliphatic rings. The number of hydrogen-bond acceptors (Lipinski definition) is 2. The minimum absolute atomic E-state index is 0.213. The van der Waals surface area contributed by atoms with Gasteiger partial charge in [0.05, 0.1) is 16.8 Å². The Labute approximate surface area is 122 Å². The highest BCUT2D eigenvalue weighted by atomic mass is 16.1. The fourth-order valence-corrected chi connectivity index (χ4v) is 2.40. The molecule has 4 heteroatoms. The SMILES string of the molecule is Cn1cc(C(=O)Nc2ccccc2C#N)c2ccccc21. The minimum atomic E-state index is -0.213. The summed E-state index contributed by atoms with van der Waals surface area (Å²) < 4.78 is 1.92. The van der Waals surface area contributed by atoms with Gasteiger partial charge < -0.3 is 9.88 Å². The highest BCUT2D eigenvalue weighted by molar-refractivity contribution is 6.13. The van der Waals surface area contributed by atoms with Crippen molar-refractivity contribution in [1.29, 1.82) is 5.26 Å². The Hall–Kier alpha value is -3.06. The van der Waals surface area contributed by atoms with Gasteiger partial charge in [0.25, 0.3) is 5.91 Å². The molecule has 21 heavy (non-hydrogen) atoms. The Bertz CT molecular complexity index is 871. The second-order valence-corrected chi connectivity index (χ2v) is 4.78. The summed E-state index contributed by atoms with van der Waals surface area (Å²) in [6.07, 6.45) is 1.80. The van der Waals surface area contributed by atoms with Crippen LogP contribution in [0.4, 0.5) is 5.69 Å². The van der Waals surface area contributed by atoms with Crippen molar-refractivity contribution in [3.8, 4) is 6.07 Å². The molecular formula is C17H13N3O. The number of nitrogens with one attached hydrogen (secondary N) is 1.